The van der Waals surface area contributed by atoms with Gasteiger partial charge < -0.3 is 5.32 Å². The second kappa shape index (κ2) is 2.56. The van der Waals surface area contributed by atoms with Crippen molar-refractivity contribution in [1.82, 2.24) is 5.32 Å². The average Bonchev–Trinajstić information content (AvgIpc) is 2.02. The number of rotatable bonds is 0. The van der Waals surface area contributed by atoms with Gasteiger partial charge in [0.1, 0.15) is 5.78 Å². The summed E-state index contributed by atoms with van der Waals surface area (Å²) >= 11 is 0. The number of amides is 1. The number of fused-ring (bicyclic) bond motifs is 1. The Morgan fingerprint density at radius 2 is 1.85 bits per heavy atom. The van der Waals surface area contributed by atoms with Gasteiger partial charge in [-0.1, -0.05) is 13.8 Å². The van der Waals surface area contributed by atoms with E-state index in [0.717, 1.165) is 12.8 Å². The molecule has 1 amide bonds. The predicted molar refractivity (Wildman–Crippen MR) is 48.0 cm³/mol. The highest BCUT2D eigenvalue weighted by atomic mass is 16.2. The number of carbonyl (C=O) groups is 2. The van der Waals surface area contributed by atoms with Crippen LogP contribution >= 0.6 is 0 Å². The third-order valence-corrected chi connectivity index (χ3v) is 3.32. The van der Waals surface area contributed by atoms with E-state index in [-0.39, 0.29) is 28.9 Å². The first-order chi connectivity index (χ1) is 6.02. The molecule has 1 N–H and O–H groups in total. The molecule has 0 aromatic rings. The summed E-state index contributed by atoms with van der Waals surface area (Å²) in [5, 5.41) is 2.84. The first-order valence-electron chi connectivity index (χ1n) is 4.84. The molecule has 1 aliphatic heterocycles. The third-order valence-electron chi connectivity index (χ3n) is 3.32. The lowest BCUT2D eigenvalue weighted by Gasteiger charge is -2.34. The van der Waals surface area contributed by atoms with Gasteiger partial charge in [0.25, 0.3) is 0 Å². The summed E-state index contributed by atoms with van der Waals surface area (Å²) in [6.07, 6.45) is 1.79. The van der Waals surface area contributed by atoms with E-state index in [0.29, 0.717) is 6.54 Å². The molecule has 0 aromatic heterocycles. The predicted octanol–water partition coefficient (Wildman–Crippen LogP) is 0.738. The van der Waals surface area contributed by atoms with Crippen molar-refractivity contribution in [2.45, 2.75) is 26.7 Å². The topological polar surface area (TPSA) is 46.2 Å². The van der Waals surface area contributed by atoms with Gasteiger partial charge >= 0.3 is 0 Å². The summed E-state index contributed by atoms with van der Waals surface area (Å²) in [5.41, 5.74) is -0.366. The first kappa shape index (κ1) is 8.73. The highest BCUT2D eigenvalue weighted by molar-refractivity contribution is 5.95. The highest BCUT2D eigenvalue weighted by Gasteiger charge is 2.48. The minimum atomic E-state index is -0.366. The van der Waals surface area contributed by atoms with E-state index in [1.54, 1.807) is 0 Å². The molecule has 0 radical (unpaired) electrons. The van der Waals surface area contributed by atoms with Crippen LogP contribution in [-0.2, 0) is 9.59 Å². The van der Waals surface area contributed by atoms with Crippen LogP contribution in [0, 0.1) is 17.3 Å². The van der Waals surface area contributed by atoms with Crippen LogP contribution in [0.5, 0.6) is 0 Å². The highest BCUT2D eigenvalue weighted by Crippen LogP contribution is 2.41. The van der Waals surface area contributed by atoms with Gasteiger partial charge in [-0.05, 0) is 12.8 Å². The number of hydrogen-bond acceptors (Lipinski definition) is 2. The Morgan fingerprint density at radius 3 is 2.38 bits per heavy atom. The van der Waals surface area contributed by atoms with E-state index in [1.807, 2.05) is 13.8 Å². The molecule has 3 heteroatoms. The Balaban J connectivity index is 2.26. The van der Waals surface area contributed by atoms with Crippen molar-refractivity contribution in [2.24, 2.45) is 17.3 Å². The monoisotopic (exact) mass is 181 g/mol. The summed E-state index contributed by atoms with van der Waals surface area (Å²) in [6, 6.07) is 0. The van der Waals surface area contributed by atoms with E-state index in [1.165, 1.54) is 0 Å². The molecule has 13 heavy (non-hydrogen) atoms. The smallest absolute Gasteiger partial charge is 0.223 e. The molecule has 1 saturated heterocycles. The Hall–Kier alpha value is -0.860. The van der Waals surface area contributed by atoms with Gasteiger partial charge in [-0.15, -0.1) is 0 Å². The van der Waals surface area contributed by atoms with Crippen molar-refractivity contribution in [3.63, 3.8) is 0 Å². The molecule has 1 saturated carbocycles. The number of Topliss-reactive ketones (excluding diaryl/α,β-unsaturated/α-hetero) is 1. The van der Waals surface area contributed by atoms with E-state index in [9.17, 15) is 9.59 Å². The zero-order valence-electron chi connectivity index (χ0n) is 8.09. The summed E-state index contributed by atoms with van der Waals surface area (Å²) in [6.45, 7) is 4.32. The molecular weight excluding hydrogens is 166 g/mol. The fourth-order valence-corrected chi connectivity index (χ4v) is 2.16. The van der Waals surface area contributed by atoms with E-state index < -0.39 is 0 Å². The van der Waals surface area contributed by atoms with Gasteiger partial charge in [0.05, 0.1) is 0 Å². The van der Waals surface area contributed by atoms with Crippen LogP contribution in [0.1, 0.15) is 26.7 Å². The van der Waals surface area contributed by atoms with Crippen LogP contribution in [0.15, 0.2) is 0 Å². The van der Waals surface area contributed by atoms with Crippen LogP contribution in [0.25, 0.3) is 0 Å². The van der Waals surface area contributed by atoms with Crippen molar-refractivity contribution in [3.8, 4) is 0 Å². The molecule has 1 heterocycles. The van der Waals surface area contributed by atoms with Gasteiger partial charge in [-0.2, -0.15) is 0 Å². The van der Waals surface area contributed by atoms with Crippen LogP contribution in [0.2, 0.25) is 0 Å². The maximum absolute atomic E-state index is 11.9. The molecule has 0 bridgehead atoms. The molecule has 72 valence electrons. The Labute approximate surface area is 77.9 Å². The second-order valence-corrected chi connectivity index (χ2v) is 4.76. The molecule has 2 aliphatic rings. The summed E-state index contributed by atoms with van der Waals surface area (Å²) in [4.78, 5) is 23.3. The Kier molecular flexibility index (Phi) is 1.72. The second-order valence-electron chi connectivity index (χ2n) is 4.76. The SMILES string of the molecule is CC1(C)CNC(=O)C2CCC2C1=O. The molecule has 0 spiro atoms. The van der Waals surface area contributed by atoms with Gasteiger partial charge in [0.2, 0.25) is 5.91 Å². The normalized spacial score (nSPS) is 37.1. The maximum atomic E-state index is 11.9. The number of carbonyl (C=O) groups excluding carboxylic acids is 2. The number of hydrogen-bond donors (Lipinski definition) is 1. The lowest BCUT2D eigenvalue weighted by molar-refractivity contribution is -0.139. The van der Waals surface area contributed by atoms with Crippen molar-refractivity contribution in [2.75, 3.05) is 6.54 Å². The van der Waals surface area contributed by atoms with Crippen LogP contribution in [0.4, 0.5) is 0 Å². The zero-order valence-corrected chi connectivity index (χ0v) is 8.09. The maximum Gasteiger partial charge on any atom is 0.223 e. The molecular formula is C10H15NO2. The van der Waals surface area contributed by atoms with Gasteiger partial charge in [0.15, 0.2) is 0 Å². The Morgan fingerprint density at radius 1 is 1.23 bits per heavy atom. The molecule has 2 atom stereocenters. The molecule has 0 aromatic carbocycles. The Bertz CT molecular complexity index is 270. The molecule has 1 aliphatic carbocycles. The summed E-state index contributed by atoms with van der Waals surface area (Å²) in [5.74, 6) is 0.337. The zero-order chi connectivity index (χ0) is 9.64. The lowest BCUT2D eigenvalue weighted by Crippen LogP contribution is -2.41. The minimum Gasteiger partial charge on any atom is -0.355 e. The van der Waals surface area contributed by atoms with Gasteiger partial charge in [-0.3, -0.25) is 9.59 Å². The minimum absolute atomic E-state index is 0.0116. The van der Waals surface area contributed by atoms with E-state index >= 15 is 0 Å². The van der Waals surface area contributed by atoms with Crippen LogP contribution < -0.4 is 5.32 Å². The van der Waals surface area contributed by atoms with E-state index in [2.05, 4.69) is 5.32 Å². The summed E-state index contributed by atoms with van der Waals surface area (Å²) < 4.78 is 0. The van der Waals surface area contributed by atoms with Crippen molar-refractivity contribution in [1.29, 1.82) is 0 Å². The molecule has 3 nitrogen and oxygen atoms in total. The molecule has 2 rings (SSSR count). The molecule has 2 fully saturated rings. The van der Waals surface area contributed by atoms with Crippen molar-refractivity contribution in [3.05, 3.63) is 0 Å². The lowest BCUT2D eigenvalue weighted by atomic mass is 9.66. The first-order valence-corrected chi connectivity index (χ1v) is 4.84. The van der Waals surface area contributed by atoms with Gasteiger partial charge in [-0.25, -0.2) is 0 Å². The molecule has 2 unspecified atom stereocenters. The van der Waals surface area contributed by atoms with Crippen molar-refractivity contribution < 1.29 is 9.59 Å². The fraction of sp³-hybridized carbons (Fsp3) is 0.800. The number of ketones is 1. The largest absolute Gasteiger partial charge is 0.355 e. The quantitative estimate of drug-likeness (QED) is 0.599. The fourth-order valence-electron chi connectivity index (χ4n) is 2.16. The summed E-state index contributed by atoms with van der Waals surface area (Å²) in [7, 11) is 0. The van der Waals surface area contributed by atoms with Crippen molar-refractivity contribution >= 4 is 11.7 Å². The van der Waals surface area contributed by atoms with Crippen LogP contribution in [-0.4, -0.2) is 18.2 Å². The third kappa shape index (κ3) is 1.18. The van der Waals surface area contributed by atoms with E-state index in [4.69, 9.17) is 0 Å². The van der Waals surface area contributed by atoms with Crippen LogP contribution in [0.3, 0.4) is 0 Å². The number of nitrogens with one attached hydrogen (secondary N) is 1. The average molecular weight is 181 g/mol. The standard InChI is InChI=1S/C10H15NO2/c1-10(2)5-11-9(13)7-4-3-6(7)8(10)12/h6-7H,3-5H2,1-2H3,(H,11,13). The van der Waals surface area contributed by atoms with Gasteiger partial charge in [0, 0.05) is 23.8 Å².